The molecule has 0 aliphatic rings. The number of pyridine rings is 2. The van der Waals surface area contributed by atoms with E-state index in [2.05, 4.69) is 30.7 Å². The highest BCUT2D eigenvalue weighted by Crippen LogP contribution is 2.34. The second-order valence-corrected chi connectivity index (χ2v) is 13.7. The monoisotopic (exact) mass is 568 g/mol. The normalized spacial score (nSPS) is 13.8. The molecule has 1 amide bonds. The molecule has 3 rings (SSSR count). The van der Waals surface area contributed by atoms with Gasteiger partial charge in [0, 0.05) is 12.6 Å². The third-order valence-electron chi connectivity index (χ3n) is 6.03. The fourth-order valence-corrected chi connectivity index (χ4v) is 5.52. The Hall–Kier alpha value is -3.83. The molecular formula is C29H36N4O6S. The minimum Gasteiger partial charge on any atom is -0.480 e. The maximum absolute atomic E-state index is 14.0. The number of carboxylic acid groups (broad SMARTS) is 1. The summed E-state index contributed by atoms with van der Waals surface area (Å²) in [5.74, 6) is -1.43. The standard InChI is InChI=1S/C29H36N4O6S/c1-27(2,3)21-15-13-20(14-16-21)18-29(30,40(37,38)24-12-7-8-17-31-24)22-10-9-11-23(32-22)33(19-25(34)35)26(36)39-28(4,5)6/h7-17H,18-19,30H2,1-6H3,(H,34,35). The van der Waals surface area contributed by atoms with Crippen molar-refractivity contribution in [2.45, 2.75) is 68.9 Å². The number of nitrogens with two attached hydrogens (primary N) is 1. The number of aromatic nitrogens is 2. The van der Waals surface area contributed by atoms with Crippen LogP contribution in [0.2, 0.25) is 0 Å². The van der Waals surface area contributed by atoms with Gasteiger partial charge < -0.3 is 15.6 Å². The number of benzene rings is 1. The van der Waals surface area contributed by atoms with E-state index in [9.17, 15) is 23.1 Å². The van der Waals surface area contributed by atoms with Crippen molar-refractivity contribution in [3.05, 3.63) is 83.7 Å². The Balaban J connectivity index is 2.17. The van der Waals surface area contributed by atoms with Crippen LogP contribution >= 0.6 is 0 Å². The highest BCUT2D eigenvalue weighted by Gasteiger charge is 2.45. The Labute approximate surface area is 235 Å². The zero-order valence-electron chi connectivity index (χ0n) is 23.6. The van der Waals surface area contributed by atoms with Gasteiger partial charge in [-0.25, -0.2) is 23.2 Å². The summed E-state index contributed by atoms with van der Waals surface area (Å²) in [7, 11) is -4.35. The van der Waals surface area contributed by atoms with E-state index in [0.29, 0.717) is 5.56 Å². The van der Waals surface area contributed by atoms with Crippen LogP contribution in [-0.4, -0.2) is 47.7 Å². The molecule has 0 saturated carbocycles. The van der Waals surface area contributed by atoms with Crippen molar-refractivity contribution in [3.63, 3.8) is 0 Å². The molecule has 11 heteroatoms. The minimum absolute atomic E-state index is 0.0884. The van der Waals surface area contributed by atoms with Crippen molar-refractivity contribution in [2.24, 2.45) is 5.73 Å². The van der Waals surface area contributed by atoms with Crippen molar-refractivity contribution in [1.82, 2.24) is 9.97 Å². The lowest BCUT2D eigenvalue weighted by Gasteiger charge is -2.30. The number of hydrogen-bond donors (Lipinski definition) is 2. The number of sulfone groups is 1. The summed E-state index contributed by atoms with van der Waals surface area (Å²) < 4.78 is 33.5. The van der Waals surface area contributed by atoms with Crippen LogP contribution in [0, 0.1) is 0 Å². The van der Waals surface area contributed by atoms with Gasteiger partial charge in [-0.05, 0) is 61.6 Å². The fourth-order valence-electron chi connectivity index (χ4n) is 3.94. The van der Waals surface area contributed by atoms with Crippen LogP contribution in [0.4, 0.5) is 10.6 Å². The van der Waals surface area contributed by atoms with Crippen molar-refractivity contribution < 1.29 is 27.9 Å². The van der Waals surface area contributed by atoms with Gasteiger partial charge in [0.2, 0.25) is 9.84 Å². The number of ether oxygens (including phenoxy) is 1. The third-order valence-corrected chi connectivity index (χ3v) is 8.14. The van der Waals surface area contributed by atoms with Gasteiger partial charge in [-0.2, -0.15) is 0 Å². The van der Waals surface area contributed by atoms with Crippen LogP contribution in [0.15, 0.2) is 71.9 Å². The molecule has 3 N–H and O–H groups in total. The Kier molecular flexibility index (Phi) is 8.71. The zero-order valence-corrected chi connectivity index (χ0v) is 24.4. The first-order valence-corrected chi connectivity index (χ1v) is 14.2. The van der Waals surface area contributed by atoms with Crippen molar-refractivity contribution in [1.29, 1.82) is 0 Å². The molecule has 1 atom stereocenters. The molecule has 2 aromatic heterocycles. The first-order valence-electron chi connectivity index (χ1n) is 12.7. The minimum atomic E-state index is -4.35. The largest absolute Gasteiger partial charge is 0.480 e. The molecule has 10 nitrogen and oxygen atoms in total. The van der Waals surface area contributed by atoms with E-state index in [4.69, 9.17) is 10.5 Å². The molecule has 0 radical (unpaired) electrons. The van der Waals surface area contributed by atoms with E-state index in [-0.39, 0.29) is 28.4 Å². The Morgan fingerprint density at radius 1 is 0.950 bits per heavy atom. The van der Waals surface area contributed by atoms with Crippen molar-refractivity contribution in [3.8, 4) is 0 Å². The molecule has 0 bridgehead atoms. The predicted molar refractivity (Wildman–Crippen MR) is 152 cm³/mol. The lowest BCUT2D eigenvalue weighted by Crippen LogP contribution is -2.48. The smallest absolute Gasteiger partial charge is 0.416 e. The predicted octanol–water partition coefficient (Wildman–Crippen LogP) is 4.43. The van der Waals surface area contributed by atoms with Crippen LogP contribution in [0.5, 0.6) is 0 Å². The van der Waals surface area contributed by atoms with E-state index >= 15 is 0 Å². The van der Waals surface area contributed by atoms with Gasteiger partial charge in [-0.15, -0.1) is 0 Å². The third kappa shape index (κ3) is 7.02. The summed E-state index contributed by atoms with van der Waals surface area (Å²) in [4.78, 5) is 31.7. The van der Waals surface area contributed by atoms with E-state index in [1.165, 1.54) is 30.5 Å². The molecule has 3 aromatic rings. The summed E-state index contributed by atoms with van der Waals surface area (Å²) in [5, 5.41) is 9.22. The van der Waals surface area contributed by atoms with Gasteiger partial charge in [0.05, 0.1) is 5.69 Å². The van der Waals surface area contributed by atoms with E-state index in [1.807, 2.05) is 24.3 Å². The molecule has 40 heavy (non-hydrogen) atoms. The second-order valence-electron chi connectivity index (χ2n) is 11.5. The number of carboxylic acids is 1. The molecule has 1 aromatic carbocycles. The molecule has 1 unspecified atom stereocenters. The number of aliphatic carboxylic acids is 1. The number of hydrogen-bond acceptors (Lipinski definition) is 8. The highest BCUT2D eigenvalue weighted by atomic mass is 32.2. The first kappa shape index (κ1) is 30.7. The molecule has 0 spiro atoms. The highest BCUT2D eigenvalue weighted by molar-refractivity contribution is 7.92. The van der Waals surface area contributed by atoms with Crippen molar-refractivity contribution in [2.75, 3.05) is 11.4 Å². The molecule has 0 aliphatic heterocycles. The molecule has 0 saturated heterocycles. The van der Waals surface area contributed by atoms with Crippen LogP contribution in [0.1, 0.15) is 58.4 Å². The van der Waals surface area contributed by atoms with Gasteiger partial charge in [0.15, 0.2) is 9.90 Å². The fraction of sp³-hybridized carbons (Fsp3) is 0.379. The van der Waals surface area contributed by atoms with Gasteiger partial charge in [0.25, 0.3) is 0 Å². The lowest BCUT2D eigenvalue weighted by molar-refractivity contribution is -0.135. The van der Waals surface area contributed by atoms with Crippen LogP contribution in [0.3, 0.4) is 0 Å². The lowest BCUT2D eigenvalue weighted by atomic mass is 9.86. The van der Waals surface area contributed by atoms with Crippen LogP contribution in [0.25, 0.3) is 0 Å². The molecule has 0 fully saturated rings. The molecule has 0 aliphatic carbocycles. The van der Waals surface area contributed by atoms with Gasteiger partial charge in [0.1, 0.15) is 18.0 Å². The van der Waals surface area contributed by atoms with Gasteiger partial charge >= 0.3 is 12.1 Å². The van der Waals surface area contributed by atoms with Crippen LogP contribution in [-0.2, 0) is 36.1 Å². The number of carbonyl (C=O) groups is 2. The van der Waals surface area contributed by atoms with Gasteiger partial charge in [-0.1, -0.05) is 57.2 Å². The summed E-state index contributed by atoms with van der Waals surface area (Å²) in [6, 6.07) is 16.2. The molecular weight excluding hydrogens is 532 g/mol. The molecule has 214 valence electrons. The first-order chi connectivity index (χ1) is 18.4. The van der Waals surface area contributed by atoms with Crippen LogP contribution < -0.4 is 10.6 Å². The molecule has 2 heterocycles. The Bertz CT molecular complexity index is 1460. The number of nitrogens with zero attached hydrogens (tertiary/aromatic N) is 3. The topological polar surface area (TPSA) is 153 Å². The van der Waals surface area contributed by atoms with Crippen molar-refractivity contribution >= 4 is 27.7 Å². The number of carbonyl (C=O) groups excluding carboxylic acids is 1. The summed E-state index contributed by atoms with van der Waals surface area (Å²) in [6.07, 6.45) is 0.234. The van der Waals surface area contributed by atoms with E-state index < -0.39 is 38.9 Å². The Morgan fingerprint density at radius 3 is 2.12 bits per heavy atom. The van der Waals surface area contributed by atoms with E-state index in [0.717, 1.165) is 10.5 Å². The maximum Gasteiger partial charge on any atom is 0.416 e. The number of amides is 1. The zero-order chi connectivity index (χ0) is 29.9. The van der Waals surface area contributed by atoms with Gasteiger partial charge in [-0.3, -0.25) is 9.69 Å². The quantitative estimate of drug-likeness (QED) is 0.402. The number of rotatable bonds is 8. The number of anilines is 1. The maximum atomic E-state index is 14.0. The summed E-state index contributed by atoms with van der Waals surface area (Å²) >= 11 is 0. The Morgan fingerprint density at radius 2 is 1.60 bits per heavy atom. The van der Waals surface area contributed by atoms with E-state index in [1.54, 1.807) is 32.9 Å². The summed E-state index contributed by atoms with van der Waals surface area (Å²) in [5.41, 5.74) is 7.38. The SMILES string of the molecule is CC(C)(C)OC(=O)N(CC(=O)O)c1cccc(C(N)(Cc2ccc(C(C)(C)C)cc2)S(=O)(=O)c2ccccn2)n1. The summed E-state index contributed by atoms with van der Waals surface area (Å²) in [6.45, 7) is 10.4. The average Bonchev–Trinajstić information content (AvgIpc) is 2.86. The average molecular weight is 569 g/mol. The second kappa shape index (κ2) is 11.3.